The number of hydrogen-bond donors (Lipinski definition) is 0. The zero-order chi connectivity index (χ0) is 19.3. The van der Waals surface area contributed by atoms with E-state index in [1.807, 2.05) is 26.8 Å². The van der Waals surface area contributed by atoms with Crippen LogP contribution in [0, 0.1) is 23.7 Å². The van der Waals surface area contributed by atoms with E-state index in [1.165, 1.54) is 6.21 Å². The van der Waals surface area contributed by atoms with Crippen molar-refractivity contribution in [2.75, 3.05) is 7.11 Å². The molecule has 4 rings (SSSR count). The third-order valence-electron chi connectivity index (χ3n) is 5.37. The number of hydrazone groups is 1. The molecule has 2 bridgehead atoms. The average molecular weight is 368 g/mol. The van der Waals surface area contributed by atoms with Crippen LogP contribution in [0.25, 0.3) is 0 Å². The Morgan fingerprint density at radius 2 is 1.70 bits per heavy atom. The first-order valence-corrected chi connectivity index (χ1v) is 9.25. The van der Waals surface area contributed by atoms with Gasteiger partial charge in [0.1, 0.15) is 5.60 Å². The number of imide groups is 1. The monoisotopic (exact) mass is 368 g/mol. The van der Waals surface area contributed by atoms with Gasteiger partial charge in [0.2, 0.25) is 0 Å². The van der Waals surface area contributed by atoms with Crippen molar-refractivity contribution in [2.45, 2.75) is 32.8 Å². The van der Waals surface area contributed by atoms with Crippen LogP contribution in [0.2, 0.25) is 0 Å². The molecule has 1 saturated heterocycles. The van der Waals surface area contributed by atoms with Crippen LogP contribution in [0.15, 0.2) is 35.5 Å². The summed E-state index contributed by atoms with van der Waals surface area (Å²) in [4.78, 5) is 25.3. The number of ether oxygens (including phenoxy) is 2. The van der Waals surface area contributed by atoms with Crippen LogP contribution >= 0.6 is 0 Å². The SMILES string of the molecule is COc1cc(C=NN2C(=O)C3C4C=CC(C4)C3C2=O)ccc1OC(C)(C)C. The van der Waals surface area contributed by atoms with Gasteiger partial charge in [-0.15, -0.1) is 0 Å². The molecule has 6 heteroatoms. The van der Waals surface area contributed by atoms with Crippen LogP contribution in [0.4, 0.5) is 0 Å². The van der Waals surface area contributed by atoms with Crippen LogP contribution < -0.4 is 9.47 Å². The second-order valence-electron chi connectivity index (χ2n) is 8.36. The summed E-state index contributed by atoms with van der Waals surface area (Å²) in [5.41, 5.74) is 0.384. The third-order valence-corrected chi connectivity index (χ3v) is 5.37. The normalized spacial score (nSPS) is 29.1. The van der Waals surface area contributed by atoms with Crippen LogP contribution in [-0.2, 0) is 9.59 Å². The molecule has 1 heterocycles. The first-order valence-electron chi connectivity index (χ1n) is 9.25. The van der Waals surface area contributed by atoms with Crippen molar-refractivity contribution < 1.29 is 19.1 Å². The highest BCUT2D eigenvalue weighted by atomic mass is 16.5. The number of methoxy groups -OCH3 is 1. The van der Waals surface area contributed by atoms with Crippen molar-refractivity contribution in [1.82, 2.24) is 5.01 Å². The van der Waals surface area contributed by atoms with E-state index in [0.29, 0.717) is 11.5 Å². The molecular weight excluding hydrogens is 344 g/mol. The van der Waals surface area contributed by atoms with Gasteiger partial charge in [0.15, 0.2) is 11.5 Å². The van der Waals surface area contributed by atoms with Gasteiger partial charge < -0.3 is 9.47 Å². The van der Waals surface area contributed by atoms with E-state index in [1.54, 1.807) is 19.2 Å². The second kappa shape index (κ2) is 6.22. The minimum absolute atomic E-state index is 0.183. The predicted octanol–water partition coefficient (Wildman–Crippen LogP) is 3.01. The summed E-state index contributed by atoms with van der Waals surface area (Å²) in [5, 5.41) is 5.25. The molecule has 1 aromatic carbocycles. The number of nitrogens with zero attached hydrogens (tertiary/aromatic N) is 2. The Balaban J connectivity index is 1.53. The molecule has 0 spiro atoms. The first-order chi connectivity index (χ1) is 12.8. The highest BCUT2D eigenvalue weighted by molar-refractivity contribution is 6.06. The van der Waals surface area contributed by atoms with E-state index in [0.717, 1.165) is 17.0 Å². The van der Waals surface area contributed by atoms with E-state index in [9.17, 15) is 9.59 Å². The topological polar surface area (TPSA) is 68.2 Å². The van der Waals surface area contributed by atoms with E-state index >= 15 is 0 Å². The smallest absolute Gasteiger partial charge is 0.254 e. The van der Waals surface area contributed by atoms with Crippen molar-refractivity contribution in [2.24, 2.45) is 28.8 Å². The Hall–Kier alpha value is -2.63. The number of carbonyl (C=O) groups is 2. The van der Waals surface area contributed by atoms with Crippen molar-refractivity contribution in [3.63, 3.8) is 0 Å². The fourth-order valence-corrected chi connectivity index (χ4v) is 4.30. The largest absolute Gasteiger partial charge is 0.493 e. The molecule has 0 aromatic heterocycles. The third kappa shape index (κ3) is 3.03. The minimum Gasteiger partial charge on any atom is -0.493 e. The van der Waals surface area contributed by atoms with Gasteiger partial charge in [0.05, 0.1) is 25.2 Å². The summed E-state index contributed by atoms with van der Waals surface area (Å²) in [6.07, 6.45) is 6.58. The summed E-state index contributed by atoms with van der Waals surface area (Å²) in [7, 11) is 1.57. The Bertz CT molecular complexity index is 822. The molecule has 0 radical (unpaired) electrons. The first kappa shape index (κ1) is 17.8. The van der Waals surface area contributed by atoms with Crippen molar-refractivity contribution >= 4 is 18.0 Å². The number of rotatable bonds is 4. The van der Waals surface area contributed by atoms with Gasteiger partial charge in [-0.1, -0.05) is 12.2 Å². The molecule has 1 aliphatic heterocycles. The van der Waals surface area contributed by atoms with Crippen LogP contribution in [-0.4, -0.2) is 35.7 Å². The molecule has 6 nitrogen and oxygen atoms in total. The number of allylic oxidation sites excluding steroid dienone is 2. The van der Waals surface area contributed by atoms with Gasteiger partial charge in [0.25, 0.3) is 11.8 Å². The van der Waals surface area contributed by atoms with Gasteiger partial charge in [0, 0.05) is 0 Å². The zero-order valence-electron chi connectivity index (χ0n) is 16.0. The van der Waals surface area contributed by atoms with E-state index in [2.05, 4.69) is 17.3 Å². The Morgan fingerprint density at radius 1 is 1.07 bits per heavy atom. The molecule has 0 N–H and O–H groups in total. The Kier molecular flexibility index (Phi) is 4.09. The van der Waals surface area contributed by atoms with Crippen LogP contribution in [0.3, 0.4) is 0 Å². The lowest BCUT2D eigenvalue weighted by molar-refractivity contribution is -0.140. The highest BCUT2D eigenvalue weighted by Gasteiger charge is 2.59. The fraction of sp³-hybridized carbons (Fsp3) is 0.476. The van der Waals surface area contributed by atoms with Crippen LogP contribution in [0.5, 0.6) is 11.5 Å². The molecule has 1 aromatic rings. The molecular formula is C21H24N2O4. The molecule has 4 atom stereocenters. The lowest BCUT2D eigenvalue weighted by Crippen LogP contribution is -2.28. The number of benzene rings is 1. The second-order valence-corrected chi connectivity index (χ2v) is 8.36. The van der Waals surface area contributed by atoms with Gasteiger partial charge in [-0.05, 0) is 62.8 Å². The predicted molar refractivity (Wildman–Crippen MR) is 101 cm³/mol. The summed E-state index contributed by atoms with van der Waals surface area (Å²) >= 11 is 0. The lowest BCUT2D eigenvalue weighted by atomic mass is 9.85. The lowest BCUT2D eigenvalue weighted by Gasteiger charge is -2.22. The maximum absolute atomic E-state index is 12.7. The quantitative estimate of drug-likeness (QED) is 0.465. The zero-order valence-corrected chi connectivity index (χ0v) is 16.0. The number of carbonyl (C=O) groups excluding carboxylic acids is 2. The van der Waals surface area contributed by atoms with Crippen molar-refractivity contribution in [3.05, 3.63) is 35.9 Å². The van der Waals surface area contributed by atoms with E-state index in [4.69, 9.17) is 9.47 Å². The van der Waals surface area contributed by atoms with E-state index < -0.39 is 0 Å². The molecule has 1 saturated carbocycles. The van der Waals surface area contributed by atoms with Gasteiger partial charge in [-0.3, -0.25) is 9.59 Å². The van der Waals surface area contributed by atoms with Gasteiger partial charge in [-0.25, -0.2) is 0 Å². The van der Waals surface area contributed by atoms with Crippen molar-refractivity contribution in [3.8, 4) is 11.5 Å². The van der Waals surface area contributed by atoms with E-state index in [-0.39, 0.29) is 41.1 Å². The highest BCUT2D eigenvalue weighted by Crippen LogP contribution is 2.52. The standard InChI is InChI=1S/C21H24N2O4/c1-21(2,3)27-15-8-5-12(9-16(15)26-4)11-22-23-19(24)17-13-6-7-14(10-13)18(17)20(23)25/h5-9,11,13-14,17-18H,10H2,1-4H3. The molecule has 2 amide bonds. The Morgan fingerprint density at radius 3 is 2.26 bits per heavy atom. The molecule has 142 valence electrons. The number of hydrogen-bond acceptors (Lipinski definition) is 5. The Labute approximate surface area is 158 Å². The summed E-state index contributed by atoms with van der Waals surface area (Å²) in [6.45, 7) is 5.89. The molecule has 4 unspecified atom stereocenters. The van der Waals surface area contributed by atoms with Crippen LogP contribution in [0.1, 0.15) is 32.8 Å². The summed E-state index contributed by atoms with van der Waals surface area (Å²) in [6, 6.07) is 5.41. The number of amides is 2. The maximum atomic E-state index is 12.7. The summed E-state index contributed by atoms with van der Waals surface area (Å²) in [5.74, 6) is 0.745. The van der Waals surface area contributed by atoms with Gasteiger partial charge in [-0.2, -0.15) is 10.1 Å². The average Bonchev–Trinajstić information content (AvgIpc) is 3.28. The molecule has 2 aliphatic carbocycles. The van der Waals surface area contributed by atoms with Gasteiger partial charge >= 0.3 is 0 Å². The van der Waals surface area contributed by atoms with Crippen molar-refractivity contribution in [1.29, 1.82) is 0 Å². The maximum Gasteiger partial charge on any atom is 0.254 e. The minimum atomic E-state index is -0.345. The fourth-order valence-electron chi connectivity index (χ4n) is 4.30. The summed E-state index contributed by atoms with van der Waals surface area (Å²) < 4.78 is 11.3. The number of fused-ring (bicyclic) bond motifs is 5. The molecule has 2 fully saturated rings. The molecule has 3 aliphatic rings. The molecule has 27 heavy (non-hydrogen) atoms.